The molecule has 22 heavy (non-hydrogen) atoms. The summed E-state index contributed by atoms with van der Waals surface area (Å²) in [5.41, 5.74) is 1.93. The fourth-order valence-corrected chi connectivity index (χ4v) is 1.98. The number of carbonyl (C=O) groups excluding carboxylic acids is 2. The number of amides is 2. The Morgan fingerprint density at radius 2 is 1.95 bits per heavy atom. The molecule has 0 atom stereocenters. The molecule has 6 heteroatoms. The van der Waals surface area contributed by atoms with E-state index in [1.807, 2.05) is 19.9 Å². The fourth-order valence-electron chi connectivity index (χ4n) is 1.98. The molecule has 0 fully saturated rings. The van der Waals surface area contributed by atoms with Gasteiger partial charge >= 0.3 is 0 Å². The Morgan fingerprint density at radius 1 is 1.18 bits per heavy atom. The van der Waals surface area contributed by atoms with Gasteiger partial charge in [-0.15, -0.1) is 0 Å². The van der Waals surface area contributed by atoms with Crippen LogP contribution in [0.3, 0.4) is 0 Å². The zero-order valence-electron chi connectivity index (χ0n) is 12.3. The first kappa shape index (κ1) is 15.6. The highest BCUT2D eigenvalue weighted by atomic mass is 19.1. The Balaban J connectivity index is 1.91. The van der Waals surface area contributed by atoms with E-state index in [1.165, 1.54) is 18.2 Å². The number of benzene rings is 1. The molecule has 0 aliphatic heterocycles. The van der Waals surface area contributed by atoms with Crippen molar-refractivity contribution in [2.75, 3.05) is 11.9 Å². The molecule has 0 bridgehead atoms. The number of rotatable bonds is 4. The minimum Gasteiger partial charge on any atom is -0.343 e. The number of nitrogens with zero attached hydrogens (tertiary/aromatic N) is 1. The minimum atomic E-state index is -0.511. The maximum atomic E-state index is 13.0. The molecule has 2 amide bonds. The molecule has 2 N–H and O–H groups in total. The topological polar surface area (TPSA) is 71.1 Å². The van der Waals surface area contributed by atoms with Gasteiger partial charge < -0.3 is 10.6 Å². The van der Waals surface area contributed by atoms with Crippen molar-refractivity contribution < 1.29 is 14.0 Å². The molecule has 5 nitrogen and oxygen atoms in total. The maximum Gasteiger partial charge on any atom is 0.251 e. The van der Waals surface area contributed by atoms with E-state index >= 15 is 0 Å². The molecular weight excluding hydrogens is 285 g/mol. The summed E-state index contributed by atoms with van der Waals surface area (Å²) in [5, 5.41) is 5.03. The van der Waals surface area contributed by atoms with Crippen LogP contribution in [0.5, 0.6) is 0 Å². The quantitative estimate of drug-likeness (QED) is 0.909. The normalized spacial score (nSPS) is 10.1. The van der Waals surface area contributed by atoms with Gasteiger partial charge in [0, 0.05) is 11.3 Å². The zero-order valence-corrected chi connectivity index (χ0v) is 12.3. The molecule has 1 aromatic carbocycles. The van der Waals surface area contributed by atoms with Gasteiger partial charge in [0.15, 0.2) is 0 Å². The molecule has 114 valence electrons. The summed E-state index contributed by atoms with van der Waals surface area (Å²) < 4.78 is 13.0. The van der Waals surface area contributed by atoms with Gasteiger partial charge in [0.25, 0.3) is 5.91 Å². The third kappa shape index (κ3) is 4.37. The number of pyridine rings is 1. The summed E-state index contributed by atoms with van der Waals surface area (Å²) in [4.78, 5) is 27.8. The lowest BCUT2D eigenvalue weighted by atomic mass is 10.2. The third-order valence-electron chi connectivity index (χ3n) is 2.86. The van der Waals surface area contributed by atoms with E-state index in [0.717, 1.165) is 17.3 Å². The summed E-state index contributed by atoms with van der Waals surface area (Å²) in [6.45, 7) is 3.51. The van der Waals surface area contributed by atoms with E-state index < -0.39 is 17.6 Å². The Bertz CT molecular complexity index is 696. The number of hydrogen-bond acceptors (Lipinski definition) is 3. The molecule has 0 radical (unpaired) electrons. The summed E-state index contributed by atoms with van der Waals surface area (Å²) in [6.07, 6.45) is 0. The van der Waals surface area contributed by atoms with Crippen molar-refractivity contribution in [1.29, 1.82) is 0 Å². The minimum absolute atomic E-state index is 0.164. The van der Waals surface area contributed by atoms with Gasteiger partial charge in [-0.05, 0) is 49.7 Å². The highest BCUT2D eigenvalue weighted by Gasteiger charge is 2.09. The van der Waals surface area contributed by atoms with Gasteiger partial charge in [-0.3, -0.25) is 9.59 Å². The van der Waals surface area contributed by atoms with Crippen molar-refractivity contribution in [2.24, 2.45) is 0 Å². The average Bonchev–Trinajstić information content (AvgIpc) is 2.43. The smallest absolute Gasteiger partial charge is 0.251 e. The van der Waals surface area contributed by atoms with Crippen molar-refractivity contribution in [3.63, 3.8) is 0 Å². The first-order chi connectivity index (χ1) is 10.4. The van der Waals surface area contributed by atoms with Gasteiger partial charge in [-0.25, -0.2) is 9.37 Å². The van der Waals surface area contributed by atoms with E-state index in [1.54, 1.807) is 6.07 Å². The number of hydrogen-bond donors (Lipinski definition) is 2. The molecular formula is C16H16FN3O2. The highest BCUT2D eigenvalue weighted by molar-refractivity contribution is 5.99. The van der Waals surface area contributed by atoms with Gasteiger partial charge in [-0.1, -0.05) is 6.07 Å². The van der Waals surface area contributed by atoms with E-state index in [-0.39, 0.29) is 12.1 Å². The summed E-state index contributed by atoms with van der Waals surface area (Å²) in [7, 11) is 0. The van der Waals surface area contributed by atoms with Crippen LogP contribution in [0, 0.1) is 19.7 Å². The maximum absolute atomic E-state index is 13.0. The summed E-state index contributed by atoms with van der Waals surface area (Å²) >= 11 is 0. The lowest BCUT2D eigenvalue weighted by Gasteiger charge is -2.08. The number of halogens is 1. The Morgan fingerprint density at radius 3 is 2.64 bits per heavy atom. The highest BCUT2D eigenvalue weighted by Crippen LogP contribution is 2.08. The standard InChI is InChI=1S/C16H16FN3O2/c1-10-6-11(2)19-14(7-10)20-15(21)9-18-16(22)12-4-3-5-13(17)8-12/h3-8H,9H2,1-2H3,(H,18,22)(H,19,20,21). The van der Waals surface area contributed by atoms with Crippen LogP contribution >= 0.6 is 0 Å². The average molecular weight is 301 g/mol. The van der Waals surface area contributed by atoms with E-state index in [4.69, 9.17) is 0 Å². The molecule has 0 saturated carbocycles. The van der Waals surface area contributed by atoms with Crippen LogP contribution in [-0.2, 0) is 4.79 Å². The zero-order chi connectivity index (χ0) is 16.1. The number of aryl methyl sites for hydroxylation is 2. The lowest BCUT2D eigenvalue weighted by Crippen LogP contribution is -2.33. The van der Waals surface area contributed by atoms with Crippen molar-refractivity contribution >= 4 is 17.6 Å². The first-order valence-corrected chi connectivity index (χ1v) is 6.73. The molecule has 0 unspecified atom stereocenters. The van der Waals surface area contributed by atoms with Crippen LogP contribution < -0.4 is 10.6 Å². The third-order valence-corrected chi connectivity index (χ3v) is 2.86. The molecule has 1 heterocycles. The number of anilines is 1. The van der Waals surface area contributed by atoms with Gasteiger partial charge in [0.2, 0.25) is 5.91 Å². The molecule has 2 rings (SSSR count). The van der Waals surface area contributed by atoms with Crippen LogP contribution in [0.15, 0.2) is 36.4 Å². The van der Waals surface area contributed by atoms with Crippen LogP contribution in [0.4, 0.5) is 10.2 Å². The second kappa shape index (κ2) is 6.80. The predicted octanol–water partition coefficient (Wildman–Crippen LogP) is 2.21. The van der Waals surface area contributed by atoms with Gasteiger partial charge in [0.1, 0.15) is 11.6 Å². The molecule has 0 aliphatic carbocycles. The SMILES string of the molecule is Cc1cc(C)nc(NC(=O)CNC(=O)c2cccc(F)c2)c1. The number of carbonyl (C=O) groups is 2. The van der Waals surface area contributed by atoms with E-state index in [9.17, 15) is 14.0 Å². The Hall–Kier alpha value is -2.76. The largest absolute Gasteiger partial charge is 0.343 e. The van der Waals surface area contributed by atoms with E-state index in [0.29, 0.717) is 5.82 Å². The molecule has 0 aliphatic rings. The predicted molar refractivity (Wildman–Crippen MR) is 81.1 cm³/mol. The van der Waals surface area contributed by atoms with Crippen molar-refractivity contribution in [1.82, 2.24) is 10.3 Å². The molecule has 0 spiro atoms. The Labute approximate surface area is 127 Å². The van der Waals surface area contributed by atoms with Gasteiger partial charge in [-0.2, -0.15) is 0 Å². The van der Waals surface area contributed by atoms with Crippen molar-refractivity contribution in [3.05, 3.63) is 59.0 Å². The van der Waals surface area contributed by atoms with Crippen LogP contribution in [0.1, 0.15) is 21.6 Å². The Kier molecular flexibility index (Phi) is 4.83. The fraction of sp³-hybridized carbons (Fsp3) is 0.188. The van der Waals surface area contributed by atoms with Crippen molar-refractivity contribution in [3.8, 4) is 0 Å². The number of nitrogens with one attached hydrogen (secondary N) is 2. The molecule has 0 saturated heterocycles. The second-order valence-electron chi connectivity index (χ2n) is 4.91. The van der Waals surface area contributed by atoms with Crippen molar-refractivity contribution in [2.45, 2.75) is 13.8 Å². The summed E-state index contributed by atoms with van der Waals surface area (Å²) in [6, 6.07) is 8.89. The van der Waals surface area contributed by atoms with Crippen LogP contribution in [-0.4, -0.2) is 23.3 Å². The monoisotopic (exact) mass is 301 g/mol. The van der Waals surface area contributed by atoms with E-state index in [2.05, 4.69) is 15.6 Å². The van der Waals surface area contributed by atoms with Crippen LogP contribution in [0.2, 0.25) is 0 Å². The lowest BCUT2D eigenvalue weighted by molar-refractivity contribution is -0.115. The molecule has 1 aromatic heterocycles. The first-order valence-electron chi connectivity index (χ1n) is 6.73. The number of aromatic nitrogens is 1. The molecule has 2 aromatic rings. The van der Waals surface area contributed by atoms with Crippen LogP contribution in [0.25, 0.3) is 0 Å². The second-order valence-corrected chi connectivity index (χ2v) is 4.91. The van der Waals surface area contributed by atoms with Gasteiger partial charge in [0.05, 0.1) is 6.54 Å². The summed E-state index contributed by atoms with van der Waals surface area (Å²) in [5.74, 6) is -0.982.